The van der Waals surface area contributed by atoms with Gasteiger partial charge in [-0.2, -0.15) is 13.2 Å². The molecule has 0 saturated heterocycles. The third-order valence-electron chi connectivity index (χ3n) is 2.26. The molecule has 0 spiro atoms. The molecule has 0 heterocycles. The molecule has 1 aliphatic carbocycles. The van der Waals surface area contributed by atoms with E-state index in [-0.39, 0.29) is 24.0 Å². The van der Waals surface area contributed by atoms with Crippen LogP contribution in [0.1, 0.15) is 25.7 Å². The molecule has 92 valence electrons. The molecular formula is C9H13F3N2OS. The second-order valence-electron chi connectivity index (χ2n) is 3.83. The second-order valence-corrected chi connectivity index (χ2v) is 4.35. The van der Waals surface area contributed by atoms with E-state index in [0.29, 0.717) is 0 Å². The molecule has 0 aliphatic heterocycles. The minimum atomic E-state index is -4.45. The average molecular weight is 254 g/mol. The Labute approximate surface area is 96.8 Å². The maximum absolute atomic E-state index is 12.1. The maximum atomic E-state index is 12.1. The van der Waals surface area contributed by atoms with E-state index in [9.17, 15) is 18.0 Å². The maximum Gasteiger partial charge on any atom is 0.397 e. The molecule has 0 atom stereocenters. The minimum absolute atomic E-state index is 0.0517. The lowest BCUT2D eigenvalue weighted by Crippen LogP contribution is -2.37. The summed E-state index contributed by atoms with van der Waals surface area (Å²) >= 11 is 4.63. The summed E-state index contributed by atoms with van der Waals surface area (Å²) in [6.45, 7) is 0.189. The fourth-order valence-electron chi connectivity index (χ4n) is 1.40. The number of hydrogen-bond donors (Lipinski definition) is 1. The Morgan fingerprint density at radius 2 is 2.00 bits per heavy atom. The van der Waals surface area contributed by atoms with Crippen LogP contribution in [0.4, 0.5) is 13.2 Å². The molecule has 0 aromatic heterocycles. The van der Waals surface area contributed by atoms with Crippen LogP contribution >= 0.6 is 12.2 Å². The van der Waals surface area contributed by atoms with Crippen LogP contribution < -0.4 is 5.73 Å². The number of alkyl halides is 3. The van der Waals surface area contributed by atoms with Crippen LogP contribution in [0.3, 0.4) is 0 Å². The van der Waals surface area contributed by atoms with Crippen molar-refractivity contribution in [2.75, 3.05) is 6.54 Å². The number of carbonyl (C=O) groups is 1. The lowest BCUT2D eigenvalue weighted by atomic mass is 10.3. The van der Waals surface area contributed by atoms with E-state index in [1.807, 2.05) is 0 Å². The topological polar surface area (TPSA) is 46.3 Å². The van der Waals surface area contributed by atoms with Gasteiger partial charge in [0.15, 0.2) is 0 Å². The van der Waals surface area contributed by atoms with Crippen molar-refractivity contribution in [2.24, 2.45) is 5.73 Å². The molecule has 16 heavy (non-hydrogen) atoms. The van der Waals surface area contributed by atoms with Crippen molar-refractivity contribution in [1.29, 1.82) is 0 Å². The molecule has 0 radical (unpaired) electrons. The number of thiocarbonyl (C=S) groups is 1. The summed E-state index contributed by atoms with van der Waals surface area (Å²) in [5.41, 5.74) is 5.26. The Morgan fingerprint density at radius 1 is 1.44 bits per heavy atom. The molecule has 1 amide bonds. The van der Waals surface area contributed by atoms with Crippen LogP contribution in [0.25, 0.3) is 0 Å². The first kappa shape index (κ1) is 13.2. The standard InChI is InChI=1S/C9H13F3N2OS/c10-9(11,12)5-8(15)14(6-1-2-6)4-3-7(13)16/h6H,1-5H2,(H2,13,16). The molecule has 0 aromatic rings. The Hall–Kier alpha value is -0.850. The highest BCUT2D eigenvalue weighted by molar-refractivity contribution is 7.80. The van der Waals surface area contributed by atoms with Crippen LogP contribution in [0.15, 0.2) is 0 Å². The van der Waals surface area contributed by atoms with Crippen LogP contribution in [0.2, 0.25) is 0 Å². The van der Waals surface area contributed by atoms with Gasteiger partial charge in [-0.15, -0.1) is 0 Å². The van der Waals surface area contributed by atoms with Crippen molar-refractivity contribution < 1.29 is 18.0 Å². The average Bonchev–Trinajstić information content (AvgIpc) is 2.84. The molecule has 0 unspecified atom stereocenters. The number of rotatable bonds is 5. The zero-order valence-corrected chi connectivity index (χ0v) is 9.40. The molecule has 1 aliphatic rings. The molecule has 0 aromatic carbocycles. The summed E-state index contributed by atoms with van der Waals surface area (Å²) in [6, 6.07) is -0.0517. The molecule has 3 nitrogen and oxygen atoms in total. The highest BCUT2D eigenvalue weighted by atomic mass is 32.1. The molecule has 1 rings (SSSR count). The first-order chi connectivity index (χ1) is 7.29. The first-order valence-electron chi connectivity index (χ1n) is 4.94. The molecule has 0 bridgehead atoms. The van der Waals surface area contributed by atoms with Gasteiger partial charge in [-0.1, -0.05) is 12.2 Å². The van der Waals surface area contributed by atoms with Crippen molar-refractivity contribution in [1.82, 2.24) is 4.90 Å². The third-order valence-corrected chi connectivity index (χ3v) is 2.46. The molecule has 1 fully saturated rings. The number of hydrogen-bond acceptors (Lipinski definition) is 2. The summed E-state index contributed by atoms with van der Waals surface area (Å²) in [4.78, 5) is 12.8. The van der Waals surface area contributed by atoms with Gasteiger partial charge in [0, 0.05) is 19.0 Å². The van der Waals surface area contributed by atoms with Crippen molar-refractivity contribution in [3.05, 3.63) is 0 Å². The van der Waals surface area contributed by atoms with Crippen molar-refractivity contribution >= 4 is 23.1 Å². The van der Waals surface area contributed by atoms with Crippen LogP contribution in [-0.2, 0) is 4.79 Å². The Bertz CT molecular complexity index is 289. The normalized spacial score (nSPS) is 15.9. The molecule has 1 saturated carbocycles. The van der Waals surface area contributed by atoms with Crippen LogP contribution in [0.5, 0.6) is 0 Å². The van der Waals surface area contributed by atoms with E-state index in [4.69, 9.17) is 5.73 Å². The van der Waals surface area contributed by atoms with Gasteiger partial charge in [0.25, 0.3) is 0 Å². The Morgan fingerprint density at radius 3 is 2.38 bits per heavy atom. The first-order valence-corrected chi connectivity index (χ1v) is 5.35. The van der Waals surface area contributed by atoms with Gasteiger partial charge in [0.2, 0.25) is 5.91 Å². The van der Waals surface area contributed by atoms with Gasteiger partial charge in [-0.05, 0) is 12.8 Å². The molecule has 7 heteroatoms. The highest BCUT2D eigenvalue weighted by Gasteiger charge is 2.38. The Kier molecular flexibility index (Phi) is 4.12. The van der Waals surface area contributed by atoms with E-state index >= 15 is 0 Å². The quantitative estimate of drug-likeness (QED) is 0.758. The van der Waals surface area contributed by atoms with Gasteiger partial charge in [0.05, 0.1) is 4.99 Å². The van der Waals surface area contributed by atoms with Crippen molar-refractivity contribution in [2.45, 2.75) is 37.9 Å². The lowest BCUT2D eigenvalue weighted by Gasteiger charge is -2.22. The van der Waals surface area contributed by atoms with Crippen LogP contribution in [-0.4, -0.2) is 34.6 Å². The molecular weight excluding hydrogens is 241 g/mol. The van der Waals surface area contributed by atoms with Crippen molar-refractivity contribution in [3.8, 4) is 0 Å². The zero-order valence-electron chi connectivity index (χ0n) is 8.59. The minimum Gasteiger partial charge on any atom is -0.393 e. The van der Waals surface area contributed by atoms with E-state index < -0.39 is 18.5 Å². The summed E-state index contributed by atoms with van der Waals surface area (Å²) in [7, 11) is 0. The zero-order chi connectivity index (χ0) is 12.3. The fourth-order valence-corrected chi connectivity index (χ4v) is 1.49. The number of nitrogens with two attached hydrogens (primary N) is 1. The van der Waals surface area contributed by atoms with E-state index in [0.717, 1.165) is 12.8 Å². The van der Waals surface area contributed by atoms with E-state index in [1.165, 1.54) is 4.90 Å². The summed E-state index contributed by atoms with van der Waals surface area (Å²) < 4.78 is 36.2. The summed E-state index contributed by atoms with van der Waals surface area (Å²) in [5.74, 6) is -0.883. The Balaban J connectivity index is 2.49. The van der Waals surface area contributed by atoms with Gasteiger partial charge >= 0.3 is 6.18 Å². The van der Waals surface area contributed by atoms with Gasteiger partial charge in [-0.3, -0.25) is 4.79 Å². The number of amides is 1. The van der Waals surface area contributed by atoms with Gasteiger partial charge in [-0.25, -0.2) is 0 Å². The largest absolute Gasteiger partial charge is 0.397 e. The molecule has 2 N–H and O–H groups in total. The monoisotopic (exact) mass is 254 g/mol. The number of nitrogens with zero attached hydrogens (tertiary/aromatic N) is 1. The van der Waals surface area contributed by atoms with Gasteiger partial charge in [0.1, 0.15) is 6.42 Å². The highest BCUT2D eigenvalue weighted by Crippen LogP contribution is 2.30. The summed E-state index contributed by atoms with van der Waals surface area (Å²) in [5, 5.41) is 0. The van der Waals surface area contributed by atoms with E-state index in [1.54, 1.807) is 0 Å². The smallest absolute Gasteiger partial charge is 0.393 e. The lowest BCUT2D eigenvalue weighted by molar-refractivity contribution is -0.161. The predicted molar refractivity (Wildman–Crippen MR) is 56.8 cm³/mol. The van der Waals surface area contributed by atoms with E-state index in [2.05, 4.69) is 12.2 Å². The second kappa shape index (κ2) is 4.99. The fraction of sp³-hybridized carbons (Fsp3) is 0.778. The summed E-state index contributed by atoms with van der Waals surface area (Å²) in [6.07, 6.45) is -4.05. The van der Waals surface area contributed by atoms with Crippen molar-refractivity contribution in [3.63, 3.8) is 0 Å². The third kappa shape index (κ3) is 4.78. The predicted octanol–water partition coefficient (Wildman–Crippen LogP) is 1.61. The van der Waals surface area contributed by atoms with Gasteiger partial charge < -0.3 is 10.6 Å². The number of halogens is 3. The SMILES string of the molecule is NC(=S)CCN(C(=O)CC(F)(F)F)C1CC1. The van der Waals surface area contributed by atoms with Crippen LogP contribution in [0, 0.1) is 0 Å². The number of carbonyl (C=O) groups excluding carboxylic acids is 1.